The number of halogens is 1. The molecule has 19 heavy (non-hydrogen) atoms. The van der Waals surface area contributed by atoms with Gasteiger partial charge in [0, 0.05) is 0 Å². The van der Waals surface area contributed by atoms with Gasteiger partial charge in [-0.05, 0) is 34.2 Å². The van der Waals surface area contributed by atoms with E-state index in [-0.39, 0.29) is 17.3 Å². The molecule has 0 aliphatic heterocycles. The molecule has 0 saturated carbocycles. The quantitative estimate of drug-likeness (QED) is 0.858. The molecule has 0 bridgehead atoms. The lowest BCUT2D eigenvalue weighted by Crippen LogP contribution is -2.14. The molecule has 0 saturated heterocycles. The van der Waals surface area contributed by atoms with Crippen LogP contribution in [0.5, 0.6) is 0 Å². The average molecular weight is 257 g/mol. The summed E-state index contributed by atoms with van der Waals surface area (Å²) in [6, 6.07) is 14.5. The molecule has 0 heterocycles. The third-order valence-electron chi connectivity index (χ3n) is 3.36. The van der Waals surface area contributed by atoms with Crippen LogP contribution in [0.2, 0.25) is 0 Å². The van der Waals surface area contributed by atoms with Crippen molar-refractivity contribution in [3.05, 3.63) is 71.0 Å². The van der Waals surface area contributed by atoms with Crippen molar-refractivity contribution >= 4 is 0 Å². The largest absolute Gasteiger partial charge is 0.320 e. The van der Waals surface area contributed by atoms with Gasteiger partial charge in [-0.25, -0.2) is 4.39 Å². The standard InChI is InChI=1S/C17H20FN/c1-17(2,3)14-8-4-12(5-9-14)16(19)13-6-10-15(18)11-7-13/h4-11,16H,19H2,1-3H3. The lowest BCUT2D eigenvalue weighted by atomic mass is 9.86. The first-order chi connectivity index (χ1) is 8.88. The predicted octanol–water partition coefficient (Wildman–Crippen LogP) is 4.17. The second-order valence-electron chi connectivity index (χ2n) is 5.90. The third kappa shape index (κ3) is 3.21. The van der Waals surface area contributed by atoms with E-state index in [0.717, 1.165) is 11.1 Å². The summed E-state index contributed by atoms with van der Waals surface area (Å²) in [5, 5.41) is 0. The summed E-state index contributed by atoms with van der Waals surface area (Å²) < 4.78 is 12.9. The summed E-state index contributed by atoms with van der Waals surface area (Å²) >= 11 is 0. The summed E-state index contributed by atoms with van der Waals surface area (Å²) in [5.74, 6) is -0.237. The number of benzene rings is 2. The third-order valence-corrected chi connectivity index (χ3v) is 3.36. The summed E-state index contributed by atoms with van der Waals surface area (Å²) in [7, 11) is 0. The van der Waals surface area contributed by atoms with Crippen LogP contribution < -0.4 is 5.73 Å². The number of hydrogen-bond acceptors (Lipinski definition) is 1. The van der Waals surface area contributed by atoms with Crippen LogP contribution in [0.1, 0.15) is 43.5 Å². The first-order valence-corrected chi connectivity index (χ1v) is 6.49. The Morgan fingerprint density at radius 1 is 0.842 bits per heavy atom. The van der Waals surface area contributed by atoms with E-state index in [0.29, 0.717) is 0 Å². The van der Waals surface area contributed by atoms with Gasteiger partial charge in [0.25, 0.3) is 0 Å². The Hall–Kier alpha value is -1.67. The highest BCUT2D eigenvalue weighted by atomic mass is 19.1. The summed E-state index contributed by atoms with van der Waals surface area (Å²) in [4.78, 5) is 0. The normalized spacial score (nSPS) is 13.3. The van der Waals surface area contributed by atoms with E-state index in [1.807, 2.05) is 0 Å². The van der Waals surface area contributed by atoms with Crippen molar-refractivity contribution in [1.29, 1.82) is 0 Å². The Morgan fingerprint density at radius 2 is 1.26 bits per heavy atom. The Morgan fingerprint density at radius 3 is 1.68 bits per heavy atom. The minimum Gasteiger partial charge on any atom is -0.320 e. The van der Waals surface area contributed by atoms with E-state index in [9.17, 15) is 4.39 Å². The molecular weight excluding hydrogens is 237 g/mol. The van der Waals surface area contributed by atoms with Gasteiger partial charge >= 0.3 is 0 Å². The molecule has 0 amide bonds. The van der Waals surface area contributed by atoms with Gasteiger partial charge in [-0.3, -0.25) is 0 Å². The summed E-state index contributed by atoms with van der Waals surface area (Å²) in [6.07, 6.45) is 0. The Bertz CT molecular complexity index is 535. The first kappa shape index (κ1) is 13.8. The molecule has 1 nitrogen and oxygen atoms in total. The minimum absolute atomic E-state index is 0.137. The van der Waals surface area contributed by atoms with Crippen LogP contribution in [-0.2, 0) is 5.41 Å². The van der Waals surface area contributed by atoms with E-state index in [4.69, 9.17) is 5.73 Å². The Kier molecular flexibility index (Phi) is 3.72. The number of nitrogens with two attached hydrogens (primary N) is 1. The molecule has 0 fully saturated rings. The van der Waals surface area contributed by atoms with Crippen molar-refractivity contribution in [3.8, 4) is 0 Å². The van der Waals surface area contributed by atoms with E-state index in [2.05, 4.69) is 45.0 Å². The van der Waals surface area contributed by atoms with Crippen molar-refractivity contribution in [2.45, 2.75) is 32.2 Å². The lowest BCUT2D eigenvalue weighted by Gasteiger charge is -2.20. The van der Waals surface area contributed by atoms with Gasteiger partial charge in [-0.15, -0.1) is 0 Å². The van der Waals surface area contributed by atoms with Crippen LogP contribution >= 0.6 is 0 Å². The highest BCUT2D eigenvalue weighted by molar-refractivity contribution is 5.34. The van der Waals surface area contributed by atoms with Crippen molar-refractivity contribution < 1.29 is 4.39 Å². The van der Waals surface area contributed by atoms with Gasteiger partial charge in [-0.1, -0.05) is 57.2 Å². The van der Waals surface area contributed by atoms with E-state index < -0.39 is 0 Å². The maximum Gasteiger partial charge on any atom is 0.123 e. The molecular formula is C17H20FN. The smallest absolute Gasteiger partial charge is 0.123 e. The van der Waals surface area contributed by atoms with Crippen LogP contribution in [0.25, 0.3) is 0 Å². The predicted molar refractivity (Wildman–Crippen MR) is 77.6 cm³/mol. The molecule has 0 spiro atoms. The molecule has 2 rings (SSSR count). The molecule has 2 aromatic carbocycles. The maximum atomic E-state index is 12.9. The molecule has 0 aliphatic carbocycles. The molecule has 0 aromatic heterocycles. The van der Waals surface area contributed by atoms with E-state index >= 15 is 0 Å². The molecule has 1 unspecified atom stereocenters. The van der Waals surface area contributed by atoms with Crippen LogP contribution in [-0.4, -0.2) is 0 Å². The second kappa shape index (κ2) is 5.14. The van der Waals surface area contributed by atoms with Crippen molar-refractivity contribution in [1.82, 2.24) is 0 Å². The topological polar surface area (TPSA) is 26.0 Å². The second-order valence-corrected chi connectivity index (χ2v) is 5.90. The minimum atomic E-state index is -0.237. The van der Waals surface area contributed by atoms with Crippen molar-refractivity contribution in [2.75, 3.05) is 0 Å². The van der Waals surface area contributed by atoms with Crippen LogP contribution in [0, 0.1) is 5.82 Å². The molecule has 0 aliphatic rings. The van der Waals surface area contributed by atoms with Gasteiger partial charge in [0.05, 0.1) is 6.04 Å². The summed E-state index contributed by atoms with van der Waals surface area (Å²) in [6.45, 7) is 6.55. The average Bonchev–Trinajstić information content (AvgIpc) is 2.38. The van der Waals surface area contributed by atoms with Crippen molar-refractivity contribution in [2.24, 2.45) is 5.73 Å². The fraction of sp³-hybridized carbons (Fsp3) is 0.294. The van der Waals surface area contributed by atoms with Crippen LogP contribution in [0.3, 0.4) is 0 Å². The molecule has 2 aromatic rings. The number of hydrogen-bond donors (Lipinski definition) is 1. The maximum absolute atomic E-state index is 12.9. The molecule has 2 N–H and O–H groups in total. The number of rotatable bonds is 2. The Labute approximate surface area is 114 Å². The lowest BCUT2D eigenvalue weighted by molar-refractivity contribution is 0.589. The molecule has 0 radical (unpaired) electrons. The van der Waals surface area contributed by atoms with Gasteiger partial charge in [0.2, 0.25) is 0 Å². The van der Waals surface area contributed by atoms with Gasteiger partial charge in [0.1, 0.15) is 5.82 Å². The first-order valence-electron chi connectivity index (χ1n) is 6.49. The zero-order valence-electron chi connectivity index (χ0n) is 11.7. The monoisotopic (exact) mass is 257 g/mol. The highest BCUT2D eigenvalue weighted by Gasteiger charge is 2.14. The fourth-order valence-corrected chi connectivity index (χ4v) is 2.05. The van der Waals surface area contributed by atoms with E-state index in [1.54, 1.807) is 12.1 Å². The molecule has 2 heteroatoms. The zero-order valence-corrected chi connectivity index (χ0v) is 11.7. The highest BCUT2D eigenvalue weighted by Crippen LogP contribution is 2.25. The van der Waals surface area contributed by atoms with Gasteiger partial charge < -0.3 is 5.73 Å². The van der Waals surface area contributed by atoms with Crippen LogP contribution in [0.4, 0.5) is 4.39 Å². The van der Waals surface area contributed by atoms with E-state index in [1.165, 1.54) is 17.7 Å². The zero-order chi connectivity index (χ0) is 14.0. The van der Waals surface area contributed by atoms with Crippen molar-refractivity contribution in [3.63, 3.8) is 0 Å². The SMILES string of the molecule is CC(C)(C)c1ccc(C(N)c2ccc(F)cc2)cc1. The van der Waals surface area contributed by atoms with Crippen LogP contribution in [0.15, 0.2) is 48.5 Å². The molecule has 100 valence electrons. The van der Waals surface area contributed by atoms with Gasteiger partial charge in [0.15, 0.2) is 0 Å². The fourth-order valence-electron chi connectivity index (χ4n) is 2.05. The Balaban J connectivity index is 2.25. The van der Waals surface area contributed by atoms with Gasteiger partial charge in [-0.2, -0.15) is 0 Å². The summed E-state index contributed by atoms with van der Waals surface area (Å²) in [5.41, 5.74) is 9.58. The molecule has 1 atom stereocenters.